The Morgan fingerprint density at radius 1 is 1.02 bits per heavy atom. The maximum Gasteiger partial charge on any atom is 0.348 e. The Kier molecular flexibility index (Phi) is 11.3. The third kappa shape index (κ3) is 8.07. The molecular formula is C33H36ClNO6S. The first kappa shape index (κ1) is 31.4. The molecule has 9 heteroatoms. The molecule has 0 amide bonds. The number of halogens is 1. The minimum absolute atomic E-state index is 0.0703. The molecule has 3 aromatic rings. The monoisotopic (exact) mass is 609 g/mol. The molecule has 42 heavy (non-hydrogen) atoms. The lowest BCUT2D eigenvalue weighted by Gasteiger charge is -2.20. The summed E-state index contributed by atoms with van der Waals surface area (Å²) in [5, 5.41) is 11.9. The quantitative estimate of drug-likeness (QED) is 0.0782. The van der Waals surface area contributed by atoms with Gasteiger partial charge in [0.1, 0.15) is 11.0 Å². The number of nitro benzene ring substituents is 1. The van der Waals surface area contributed by atoms with Crippen molar-refractivity contribution in [3.8, 4) is 0 Å². The van der Waals surface area contributed by atoms with Crippen LogP contribution in [0.15, 0.2) is 65.7 Å². The van der Waals surface area contributed by atoms with Gasteiger partial charge in [-0.25, -0.2) is 9.59 Å². The van der Waals surface area contributed by atoms with E-state index < -0.39 is 17.0 Å². The van der Waals surface area contributed by atoms with Gasteiger partial charge < -0.3 is 9.47 Å². The Morgan fingerprint density at radius 2 is 1.76 bits per heavy atom. The number of ether oxygens (including phenoxy) is 2. The Morgan fingerprint density at radius 3 is 2.43 bits per heavy atom. The number of hydrogen-bond donors (Lipinski definition) is 0. The van der Waals surface area contributed by atoms with E-state index >= 15 is 0 Å². The fourth-order valence-electron chi connectivity index (χ4n) is 5.39. The number of non-ortho nitro benzene ring substituents is 1. The van der Waals surface area contributed by atoms with Crippen molar-refractivity contribution in [2.24, 2.45) is 5.92 Å². The van der Waals surface area contributed by atoms with Gasteiger partial charge in [-0.15, -0.1) is 11.3 Å². The summed E-state index contributed by atoms with van der Waals surface area (Å²) in [6, 6.07) is 17.5. The molecule has 1 heterocycles. The van der Waals surface area contributed by atoms with Gasteiger partial charge in [-0.1, -0.05) is 55.6 Å². The molecule has 2 atom stereocenters. The lowest BCUT2D eigenvalue weighted by molar-refractivity contribution is -0.384. The largest absolute Gasteiger partial charge is 0.465 e. The van der Waals surface area contributed by atoms with E-state index in [2.05, 4.69) is 19.1 Å². The summed E-state index contributed by atoms with van der Waals surface area (Å²) in [6.07, 6.45) is 8.06. The predicted molar refractivity (Wildman–Crippen MR) is 166 cm³/mol. The van der Waals surface area contributed by atoms with Gasteiger partial charge in [0.15, 0.2) is 0 Å². The van der Waals surface area contributed by atoms with E-state index in [0.29, 0.717) is 17.2 Å². The lowest BCUT2D eigenvalue weighted by atomic mass is 9.89. The van der Waals surface area contributed by atoms with Crippen LogP contribution < -0.4 is 0 Å². The van der Waals surface area contributed by atoms with Crippen molar-refractivity contribution in [3.63, 3.8) is 0 Å². The summed E-state index contributed by atoms with van der Waals surface area (Å²) in [7, 11) is 1.40. The highest BCUT2D eigenvalue weighted by Crippen LogP contribution is 2.43. The van der Waals surface area contributed by atoms with Gasteiger partial charge in [0, 0.05) is 22.0 Å². The minimum Gasteiger partial charge on any atom is -0.465 e. The van der Waals surface area contributed by atoms with Crippen LogP contribution in [0, 0.1) is 16.0 Å². The summed E-state index contributed by atoms with van der Waals surface area (Å²) < 4.78 is 10.7. The third-order valence-corrected chi connectivity index (χ3v) is 9.18. The number of benzene rings is 2. The van der Waals surface area contributed by atoms with Gasteiger partial charge >= 0.3 is 11.9 Å². The maximum atomic E-state index is 12.9. The number of hydrogen-bond acceptors (Lipinski definition) is 7. The zero-order valence-corrected chi connectivity index (χ0v) is 25.5. The second-order valence-corrected chi connectivity index (χ2v) is 12.1. The second kappa shape index (κ2) is 15.1. The summed E-state index contributed by atoms with van der Waals surface area (Å²) >= 11 is 8.22. The highest BCUT2D eigenvalue weighted by molar-refractivity contribution is 7.13. The molecule has 0 unspecified atom stereocenters. The van der Waals surface area contributed by atoms with Crippen molar-refractivity contribution in [1.82, 2.24) is 0 Å². The number of allylic oxidation sites excluding steroid dienone is 2. The van der Waals surface area contributed by atoms with E-state index in [9.17, 15) is 19.7 Å². The summed E-state index contributed by atoms with van der Waals surface area (Å²) in [6.45, 7) is 2.13. The van der Waals surface area contributed by atoms with E-state index in [1.54, 1.807) is 0 Å². The average Bonchev–Trinajstić information content (AvgIpc) is 3.63. The molecule has 0 saturated heterocycles. The maximum absolute atomic E-state index is 12.9. The second-order valence-electron chi connectivity index (χ2n) is 10.5. The molecule has 4 rings (SSSR count). The van der Waals surface area contributed by atoms with Crippen LogP contribution in [0.25, 0.3) is 5.57 Å². The Hall–Kier alpha value is -3.49. The molecule has 1 aromatic heterocycles. The number of rotatable bonds is 14. The number of methoxy groups -OCH3 is 1. The number of unbranched alkanes of at least 4 members (excludes halogenated alkanes) is 2. The van der Waals surface area contributed by atoms with Crippen molar-refractivity contribution in [2.75, 3.05) is 7.11 Å². The van der Waals surface area contributed by atoms with Crippen LogP contribution in [-0.4, -0.2) is 24.0 Å². The molecule has 1 aliphatic rings. The minimum atomic E-state index is -0.499. The van der Waals surface area contributed by atoms with E-state index in [0.717, 1.165) is 67.5 Å². The molecule has 7 nitrogen and oxygen atoms in total. The first-order chi connectivity index (χ1) is 20.3. The Bertz CT molecular complexity index is 1410. The molecular weight excluding hydrogens is 574 g/mol. The van der Waals surface area contributed by atoms with Gasteiger partial charge in [0.05, 0.1) is 17.6 Å². The fraction of sp³-hybridized carbons (Fsp3) is 0.394. The van der Waals surface area contributed by atoms with Crippen LogP contribution in [0.4, 0.5) is 5.69 Å². The highest BCUT2D eigenvalue weighted by Gasteiger charge is 2.26. The molecule has 0 radical (unpaired) electrons. The average molecular weight is 610 g/mol. The van der Waals surface area contributed by atoms with E-state index in [4.69, 9.17) is 21.1 Å². The summed E-state index contributed by atoms with van der Waals surface area (Å²) in [5.41, 5.74) is 3.40. The van der Waals surface area contributed by atoms with Crippen LogP contribution in [-0.2, 0) is 15.9 Å². The van der Waals surface area contributed by atoms with Gasteiger partial charge in [0.2, 0.25) is 0 Å². The summed E-state index contributed by atoms with van der Waals surface area (Å²) in [4.78, 5) is 36.9. The number of thiophene rings is 1. The SMILES string of the molecule is CCCCC[C@@H](OC(=O)c1ccc([N+](=O)[O-])cc1)c1ccc(C2=C(Cl)CC[C@@H]2CCCc2ccc(C(=O)OC)s2)cc1. The highest BCUT2D eigenvalue weighted by atomic mass is 35.5. The fourth-order valence-corrected chi connectivity index (χ4v) is 6.74. The molecule has 2 aromatic carbocycles. The van der Waals surface area contributed by atoms with Crippen LogP contribution in [0.2, 0.25) is 0 Å². The number of aryl methyl sites for hydroxylation is 1. The molecule has 0 saturated carbocycles. The van der Waals surface area contributed by atoms with E-state index in [-0.39, 0.29) is 17.2 Å². The topological polar surface area (TPSA) is 95.7 Å². The Labute approximate surface area is 255 Å². The first-order valence-corrected chi connectivity index (χ1v) is 15.6. The van der Waals surface area contributed by atoms with Crippen molar-refractivity contribution < 1.29 is 24.0 Å². The lowest BCUT2D eigenvalue weighted by Crippen LogP contribution is -2.12. The zero-order valence-electron chi connectivity index (χ0n) is 24.0. The number of esters is 2. The number of carbonyl (C=O) groups excluding carboxylic acids is 2. The van der Waals surface area contributed by atoms with Gasteiger partial charge in [-0.05, 0) is 91.8 Å². The van der Waals surface area contributed by atoms with E-state index in [1.165, 1.54) is 53.2 Å². The zero-order chi connectivity index (χ0) is 30.1. The third-order valence-electron chi connectivity index (χ3n) is 7.66. The van der Waals surface area contributed by atoms with Crippen LogP contribution in [0.1, 0.15) is 100 Å². The van der Waals surface area contributed by atoms with Crippen molar-refractivity contribution in [2.45, 2.75) is 70.8 Å². The molecule has 0 N–H and O–H groups in total. The van der Waals surface area contributed by atoms with Crippen molar-refractivity contribution >= 4 is 46.1 Å². The predicted octanol–water partition coefficient (Wildman–Crippen LogP) is 9.30. The first-order valence-electron chi connectivity index (χ1n) is 14.4. The summed E-state index contributed by atoms with van der Waals surface area (Å²) in [5.74, 6) is -0.429. The van der Waals surface area contributed by atoms with Crippen LogP contribution >= 0.6 is 22.9 Å². The van der Waals surface area contributed by atoms with E-state index in [1.807, 2.05) is 24.3 Å². The standard InChI is InChI=1S/C33H36ClNO6S/c1-3-4-5-9-29(41-32(36)25-14-17-26(18-15-25)35(38)39)22-10-12-24(13-11-22)31-23(16-20-28(31)34)7-6-8-27-19-21-30(42-27)33(37)40-2/h10-15,17-19,21,23,29H,3-9,16,20H2,1-2H3/t23-,29+/m0/s1. The molecule has 0 fully saturated rings. The number of nitro groups is 1. The number of carbonyl (C=O) groups is 2. The molecule has 1 aliphatic carbocycles. The number of nitrogens with zero attached hydrogens (tertiary/aromatic N) is 1. The smallest absolute Gasteiger partial charge is 0.348 e. The molecule has 0 aliphatic heterocycles. The Balaban J connectivity index is 1.42. The van der Waals surface area contributed by atoms with Crippen molar-refractivity contribution in [3.05, 3.63) is 102 Å². The molecule has 222 valence electrons. The van der Waals surface area contributed by atoms with Crippen LogP contribution in [0.5, 0.6) is 0 Å². The van der Waals surface area contributed by atoms with Crippen molar-refractivity contribution in [1.29, 1.82) is 0 Å². The van der Waals surface area contributed by atoms with Crippen LogP contribution in [0.3, 0.4) is 0 Å². The van der Waals surface area contributed by atoms with Gasteiger partial charge in [-0.3, -0.25) is 10.1 Å². The van der Waals surface area contributed by atoms with Gasteiger partial charge in [0.25, 0.3) is 5.69 Å². The normalized spacial score (nSPS) is 15.5. The van der Waals surface area contributed by atoms with Gasteiger partial charge in [-0.2, -0.15) is 0 Å². The molecule has 0 spiro atoms. The molecule has 0 bridgehead atoms.